The van der Waals surface area contributed by atoms with E-state index in [-0.39, 0.29) is 17.0 Å². The first-order chi connectivity index (χ1) is 9.51. The number of nitrogens with zero attached hydrogens (tertiary/aromatic N) is 1. The number of nitrogens with two attached hydrogens (primary N) is 2. The average molecular weight is 271 g/mol. The van der Waals surface area contributed by atoms with E-state index in [1.165, 1.54) is 24.3 Å². The number of nitriles is 1. The molecule has 0 unspecified atom stereocenters. The van der Waals surface area contributed by atoms with Crippen LogP contribution in [-0.4, -0.2) is 5.91 Å². The maximum atomic E-state index is 13.7. The molecule has 4 N–H and O–H groups in total. The third-order valence-corrected chi connectivity index (χ3v) is 2.58. The van der Waals surface area contributed by atoms with Crippen molar-refractivity contribution in [2.24, 2.45) is 5.73 Å². The van der Waals surface area contributed by atoms with E-state index in [9.17, 15) is 9.18 Å². The Balaban J connectivity index is 2.35. The number of anilines is 1. The molecule has 2 rings (SSSR count). The summed E-state index contributed by atoms with van der Waals surface area (Å²) in [5, 5.41) is 8.67. The van der Waals surface area contributed by atoms with Crippen LogP contribution in [0, 0.1) is 17.1 Å². The lowest BCUT2D eigenvalue weighted by molar-refractivity contribution is 0.100. The summed E-state index contributed by atoms with van der Waals surface area (Å²) in [5.41, 5.74) is 11.0. The minimum atomic E-state index is -0.771. The van der Waals surface area contributed by atoms with Gasteiger partial charge in [-0.05, 0) is 30.3 Å². The van der Waals surface area contributed by atoms with Crippen molar-refractivity contribution in [3.05, 3.63) is 53.3 Å². The van der Waals surface area contributed by atoms with Crippen molar-refractivity contribution in [1.29, 1.82) is 5.26 Å². The first-order valence-electron chi connectivity index (χ1n) is 5.58. The van der Waals surface area contributed by atoms with Gasteiger partial charge >= 0.3 is 0 Å². The first kappa shape index (κ1) is 13.4. The molecule has 100 valence electrons. The molecule has 0 radical (unpaired) electrons. The SMILES string of the molecule is N#Cc1ccc(Oc2cc(C(N)=O)c(N)cc2F)cc1. The third kappa shape index (κ3) is 2.67. The lowest BCUT2D eigenvalue weighted by atomic mass is 10.1. The highest BCUT2D eigenvalue weighted by molar-refractivity contribution is 5.98. The monoisotopic (exact) mass is 271 g/mol. The molecule has 0 spiro atoms. The predicted molar refractivity (Wildman–Crippen MR) is 70.6 cm³/mol. The molecule has 0 heterocycles. The van der Waals surface area contributed by atoms with Gasteiger partial charge in [0.05, 0.1) is 17.2 Å². The number of carbonyl (C=O) groups excluding carboxylic acids is 1. The molecule has 0 aliphatic carbocycles. The van der Waals surface area contributed by atoms with Gasteiger partial charge in [-0.3, -0.25) is 4.79 Å². The summed E-state index contributed by atoms with van der Waals surface area (Å²) >= 11 is 0. The normalized spacial score (nSPS) is 9.80. The van der Waals surface area contributed by atoms with E-state index in [0.717, 1.165) is 12.1 Å². The van der Waals surface area contributed by atoms with E-state index in [4.69, 9.17) is 21.5 Å². The van der Waals surface area contributed by atoms with Gasteiger partial charge in [0.2, 0.25) is 0 Å². The fourth-order valence-corrected chi connectivity index (χ4v) is 1.58. The Labute approximate surface area is 114 Å². The van der Waals surface area contributed by atoms with Crippen LogP contribution in [0.2, 0.25) is 0 Å². The Kier molecular flexibility index (Phi) is 3.53. The number of rotatable bonds is 3. The van der Waals surface area contributed by atoms with Crippen LogP contribution >= 0.6 is 0 Å². The van der Waals surface area contributed by atoms with Gasteiger partial charge in [0.25, 0.3) is 5.91 Å². The van der Waals surface area contributed by atoms with Crippen molar-refractivity contribution in [3.8, 4) is 17.6 Å². The van der Waals surface area contributed by atoms with Gasteiger partial charge in [0.15, 0.2) is 11.6 Å². The topological polar surface area (TPSA) is 102 Å². The number of halogens is 1. The Bertz CT molecular complexity index is 706. The number of hydrogen-bond acceptors (Lipinski definition) is 4. The molecular weight excluding hydrogens is 261 g/mol. The second-order valence-electron chi connectivity index (χ2n) is 3.97. The number of ether oxygens (including phenoxy) is 1. The number of amides is 1. The zero-order valence-corrected chi connectivity index (χ0v) is 10.3. The Hall–Kier alpha value is -3.07. The molecule has 0 aromatic heterocycles. The predicted octanol–water partition coefficient (Wildman–Crippen LogP) is 2.17. The van der Waals surface area contributed by atoms with E-state index in [1.807, 2.05) is 6.07 Å². The van der Waals surface area contributed by atoms with Crippen molar-refractivity contribution >= 4 is 11.6 Å². The molecule has 0 atom stereocenters. The molecule has 0 fully saturated rings. The van der Waals surface area contributed by atoms with Crippen LogP contribution in [0.3, 0.4) is 0 Å². The van der Waals surface area contributed by atoms with Gasteiger partial charge in [-0.15, -0.1) is 0 Å². The fourth-order valence-electron chi connectivity index (χ4n) is 1.58. The molecule has 2 aromatic carbocycles. The second kappa shape index (κ2) is 5.28. The fraction of sp³-hybridized carbons (Fsp3) is 0. The van der Waals surface area contributed by atoms with Gasteiger partial charge in [-0.25, -0.2) is 4.39 Å². The second-order valence-corrected chi connectivity index (χ2v) is 3.97. The summed E-state index contributed by atoms with van der Waals surface area (Å²) in [5.74, 6) is -1.33. The molecule has 0 aliphatic heterocycles. The number of primary amides is 1. The van der Waals surface area contributed by atoms with Crippen molar-refractivity contribution < 1.29 is 13.9 Å². The van der Waals surface area contributed by atoms with Crippen LogP contribution in [0.4, 0.5) is 10.1 Å². The molecule has 1 amide bonds. The van der Waals surface area contributed by atoms with Crippen LogP contribution < -0.4 is 16.2 Å². The maximum Gasteiger partial charge on any atom is 0.250 e. The summed E-state index contributed by atoms with van der Waals surface area (Å²) in [6, 6.07) is 10.1. The Morgan fingerprint density at radius 3 is 2.45 bits per heavy atom. The lowest BCUT2D eigenvalue weighted by Gasteiger charge is -2.09. The summed E-state index contributed by atoms with van der Waals surface area (Å²) in [4.78, 5) is 11.1. The minimum absolute atomic E-state index is 0.0185. The van der Waals surface area contributed by atoms with Gasteiger partial charge in [-0.1, -0.05) is 0 Å². The summed E-state index contributed by atoms with van der Waals surface area (Å²) < 4.78 is 19.0. The van der Waals surface area contributed by atoms with Crippen molar-refractivity contribution in [1.82, 2.24) is 0 Å². The number of nitrogen functional groups attached to an aromatic ring is 1. The van der Waals surface area contributed by atoms with Crippen LogP contribution in [0.1, 0.15) is 15.9 Å². The summed E-state index contributed by atoms with van der Waals surface area (Å²) in [7, 11) is 0. The smallest absolute Gasteiger partial charge is 0.250 e. The standard InChI is InChI=1S/C14H10FN3O2/c15-11-6-12(17)10(14(18)19)5-13(11)20-9-3-1-8(7-16)2-4-9/h1-6H,17H2,(H2,18,19). The quantitative estimate of drug-likeness (QED) is 0.835. The molecule has 0 saturated carbocycles. The minimum Gasteiger partial charge on any atom is -0.454 e. The summed E-state index contributed by atoms with van der Waals surface area (Å²) in [6.45, 7) is 0. The number of carbonyl (C=O) groups is 1. The van der Waals surface area contributed by atoms with E-state index in [0.29, 0.717) is 11.3 Å². The highest BCUT2D eigenvalue weighted by Gasteiger charge is 2.13. The number of hydrogen-bond donors (Lipinski definition) is 2. The maximum absolute atomic E-state index is 13.7. The van der Waals surface area contributed by atoms with E-state index < -0.39 is 11.7 Å². The molecule has 0 saturated heterocycles. The molecule has 5 nitrogen and oxygen atoms in total. The zero-order valence-electron chi connectivity index (χ0n) is 10.3. The molecule has 6 heteroatoms. The largest absolute Gasteiger partial charge is 0.454 e. The highest BCUT2D eigenvalue weighted by Crippen LogP contribution is 2.28. The average Bonchev–Trinajstić information content (AvgIpc) is 2.42. The van der Waals surface area contributed by atoms with Crippen molar-refractivity contribution in [2.75, 3.05) is 5.73 Å². The van der Waals surface area contributed by atoms with Crippen molar-refractivity contribution in [2.45, 2.75) is 0 Å². The van der Waals surface area contributed by atoms with Gasteiger partial charge < -0.3 is 16.2 Å². The van der Waals surface area contributed by atoms with Crippen LogP contribution in [0.15, 0.2) is 36.4 Å². The lowest BCUT2D eigenvalue weighted by Crippen LogP contribution is -2.14. The molecule has 20 heavy (non-hydrogen) atoms. The van der Waals surface area contributed by atoms with Crippen LogP contribution in [0.5, 0.6) is 11.5 Å². The Morgan fingerprint density at radius 1 is 1.25 bits per heavy atom. The van der Waals surface area contributed by atoms with Gasteiger partial charge in [0, 0.05) is 11.8 Å². The van der Waals surface area contributed by atoms with Gasteiger partial charge in [0.1, 0.15) is 5.75 Å². The van der Waals surface area contributed by atoms with E-state index >= 15 is 0 Å². The van der Waals surface area contributed by atoms with E-state index in [1.54, 1.807) is 0 Å². The van der Waals surface area contributed by atoms with Crippen molar-refractivity contribution in [3.63, 3.8) is 0 Å². The highest BCUT2D eigenvalue weighted by atomic mass is 19.1. The molecule has 0 aliphatic rings. The van der Waals surface area contributed by atoms with Crippen LogP contribution in [0.25, 0.3) is 0 Å². The molecule has 2 aromatic rings. The molecular formula is C14H10FN3O2. The van der Waals surface area contributed by atoms with E-state index in [2.05, 4.69) is 0 Å². The third-order valence-electron chi connectivity index (χ3n) is 2.58. The van der Waals surface area contributed by atoms with Crippen LogP contribution in [-0.2, 0) is 0 Å². The van der Waals surface area contributed by atoms with Gasteiger partial charge in [-0.2, -0.15) is 5.26 Å². The number of benzene rings is 2. The first-order valence-corrected chi connectivity index (χ1v) is 5.58. The molecule has 0 bridgehead atoms. The zero-order chi connectivity index (χ0) is 14.7. The Morgan fingerprint density at radius 2 is 1.90 bits per heavy atom. The summed E-state index contributed by atoms with van der Waals surface area (Å²) in [6.07, 6.45) is 0.